The number of Topliss-reactive ketones (excluding diaryl/α,β-unsaturated/α-hetero) is 2. The van der Waals surface area contributed by atoms with Crippen molar-refractivity contribution in [3.63, 3.8) is 0 Å². The molecule has 0 saturated carbocycles. The second-order valence-electron chi connectivity index (χ2n) is 33.0. The van der Waals surface area contributed by atoms with E-state index in [0.717, 1.165) is 163 Å². The predicted molar refractivity (Wildman–Crippen MR) is 505 cm³/mol. The van der Waals surface area contributed by atoms with Crippen molar-refractivity contribution in [2.75, 3.05) is 121 Å². The Morgan fingerprint density at radius 1 is 0.405 bits per heavy atom. The van der Waals surface area contributed by atoms with Crippen LogP contribution in [0.1, 0.15) is 133 Å². The molecule has 4 fully saturated rings. The first-order chi connectivity index (χ1) is 60.5. The number of nitrogens with zero attached hydrogens (tertiary/aromatic N) is 16. The average molecular weight is 1800 g/mol. The Labute approximate surface area is 751 Å². The number of benzene rings is 4. The third-order valence-corrected chi connectivity index (χ3v) is 24.1. The number of hydrogen-bond acceptors (Lipinski definition) is 26. The van der Waals surface area contributed by atoms with E-state index in [2.05, 4.69) is 108 Å². The van der Waals surface area contributed by atoms with Crippen LogP contribution in [-0.4, -0.2) is 149 Å². The molecule has 34 heteroatoms. The third kappa shape index (κ3) is 21.6. The molecular weight excluding hydrogens is 1690 g/mol. The molecule has 0 radical (unpaired) electrons. The standard InChI is InChI=1S/C25H30ClN5O3.C24H28ClN5O3.C22H26ClN5O2.C21H24ClN5O2/c1-5-19(32)14-34-22-11-17-10-18(6-7-21(17)31(15(2)3)24(22)33)28-23-20(26)12-27-25(29-23)30-9-8-16(4)13-30;1-5-18(31)13-33-21-9-16-8-17(6-7-20(16)30(14(2)3)23(21)32)27-22-19(25)10-26-24(28-22)29-11-15(4)12-29;1-4-14-7-9-28(10-8-14)22-24-13-17(23)20(26-22)25-16-5-6-18-15(11-16)12-19(30-3)21(29)27(18)2;1-13-6-8-27(9-7-13)21-23-12-16(22)19(25-21)24-15-4-5-17-14(10-15)11-18(29-3)20(28)26(17)2/h6-7,10-12,15-16H,5,8-9,13-14H2,1-4H3,(H,27,28,29);6-10,14-15H,5,11-13H2,1-4H3,(H,26,27,28);5-6,11-14H,4,7-10H2,1-3H3,(H,24,25,26);4-5,10-13H,6-9H2,1-3H3,(H,23,24,25)/t16-;;;/m0.../s1. The lowest BCUT2D eigenvalue weighted by Crippen LogP contribution is -2.46. The largest absolute Gasteiger partial charge is 0.491 e. The smallest absolute Gasteiger partial charge is 0.293 e. The zero-order chi connectivity index (χ0) is 89.9. The molecule has 0 spiro atoms. The minimum atomic E-state index is -0.255. The maximum atomic E-state index is 13.0. The predicted octanol–water partition coefficient (Wildman–Crippen LogP) is 17.9. The van der Waals surface area contributed by atoms with E-state index in [-0.39, 0.29) is 70.6 Å². The Hall–Kier alpha value is -11.9. The Morgan fingerprint density at radius 3 is 1.04 bits per heavy atom. The summed E-state index contributed by atoms with van der Waals surface area (Å²) in [6.07, 6.45) is 14.2. The number of carbonyl (C=O) groups is 2. The summed E-state index contributed by atoms with van der Waals surface area (Å²) in [6.45, 7) is 27.5. The molecule has 0 amide bonds. The van der Waals surface area contributed by atoms with E-state index >= 15 is 0 Å². The number of ether oxygens (including phenoxy) is 4. The number of anilines is 12. The van der Waals surface area contributed by atoms with Crippen LogP contribution >= 0.6 is 46.4 Å². The van der Waals surface area contributed by atoms with Crippen LogP contribution in [0, 0.1) is 23.7 Å². The molecule has 0 unspecified atom stereocenters. The van der Waals surface area contributed by atoms with Crippen LogP contribution in [-0.2, 0) is 23.7 Å². The monoisotopic (exact) mass is 1790 g/mol. The topological polar surface area (TPSA) is 323 Å². The van der Waals surface area contributed by atoms with Crippen molar-refractivity contribution in [2.45, 2.75) is 133 Å². The summed E-state index contributed by atoms with van der Waals surface area (Å²) in [5.74, 6) is 8.41. The Morgan fingerprint density at radius 2 is 0.714 bits per heavy atom. The lowest BCUT2D eigenvalue weighted by Gasteiger charge is -2.37. The highest BCUT2D eigenvalue weighted by Crippen LogP contribution is 2.37. The van der Waals surface area contributed by atoms with Gasteiger partial charge >= 0.3 is 0 Å². The van der Waals surface area contributed by atoms with Crippen LogP contribution in [0.25, 0.3) is 43.6 Å². The van der Waals surface area contributed by atoms with E-state index in [1.807, 2.05) is 100 Å². The molecule has 0 aliphatic carbocycles. The average Bonchev–Trinajstić information content (AvgIpc) is 0.840. The zero-order valence-electron chi connectivity index (χ0n) is 73.5. The van der Waals surface area contributed by atoms with Gasteiger partial charge in [0, 0.05) is 136 Å². The highest BCUT2D eigenvalue weighted by Gasteiger charge is 2.29. The van der Waals surface area contributed by atoms with E-state index < -0.39 is 0 Å². The van der Waals surface area contributed by atoms with Gasteiger partial charge in [0.2, 0.25) is 23.8 Å². The summed E-state index contributed by atoms with van der Waals surface area (Å²) in [5.41, 5.74) is 5.51. The SMILES string of the molecule is CCC(=O)COc1cc2cc(Nc3nc(N4CC(C)C4)ncc3Cl)ccc2n(C(C)C)c1=O.CCC(=O)COc1cc2cc(Nc3nc(N4CC[C@H](C)C4)ncc3Cl)ccc2n(C(C)C)c1=O.CCC1CCN(c2ncc(Cl)c(Nc3ccc4c(c3)cc(OC)c(=O)n4C)n2)CC1.COc1cc2cc(Nc3nc(N4CCC(C)CC4)ncc3Cl)ccc2n(C)c1=O. The van der Waals surface area contributed by atoms with Crippen LogP contribution in [0.15, 0.2) is 141 Å². The lowest BCUT2D eigenvalue weighted by molar-refractivity contribution is -0.121. The molecular formula is C92H108Cl4N20O10. The highest BCUT2D eigenvalue weighted by atomic mass is 35.5. The molecule has 12 aromatic rings. The first-order valence-corrected chi connectivity index (χ1v) is 44.2. The van der Waals surface area contributed by atoms with E-state index in [0.29, 0.717) is 103 Å². The fourth-order valence-corrected chi connectivity index (χ4v) is 16.1. The summed E-state index contributed by atoms with van der Waals surface area (Å²) in [6, 6.07) is 29.5. The molecule has 1 atom stereocenters. The van der Waals surface area contributed by atoms with Gasteiger partial charge < -0.3 is 78.1 Å². The van der Waals surface area contributed by atoms with Crippen molar-refractivity contribution in [3.8, 4) is 23.0 Å². The lowest BCUT2D eigenvalue weighted by atomic mass is 9.95. The first kappa shape index (κ1) is 91.8. The third-order valence-electron chi connectivity index (χ3n) is 23.0. The van der Waals surface area contributed by atoms with Gasteiger partial charge in [-0.1, -0.05) is 94.4 Å². The Balaban J connectivity index is 0.000000144. The quantitative estimate of drug-likeness (QED) is 0.0413. The number of hydrogen-bond donors (Lipinski definition) is 4. The van der Waals surface area contributed by atoms with Gasteiger partial charge in [0.15, 0.2) is 57.8 Å². The molecule has 4 N–H and O–H groups in total. The van der Waals surface area contributed by atoms with Crippen molar-refractivity contribution >= 4 is 171 Å². The van der Waals surface area contributed by atoms with Gasteiger partial charge in [0.25, 0.3) is 22.2 Å². The number of piperidine rings is 2. The molecule has 12 heterocycles. The van der Waals surface area contributed by atoms with E-state index in [1.165, 1.54) is 20.6 Å². The minimum Gasteiger partial charge on any atom is -0.491 e. The maximum absolute atomic E-state index is 13.0. The van der Waals surface area contributed by atoms with Crippen molar-refractivity contribution in [1.82, 2.24) is 58.1 Å². The van der Waals surface area contributed by atoms with Crippen molar-refractivity contribution in [2.24, 2.45) is 37.8 Å². The molecule has 664 valence electrons. The fourth-order valence-electron chi connectivity index (χ4n) is 15.6. The number of fused-ring (bicyclic) bond motifs is 4. The Bertz CT molecular complexity index is 6250. The molecule has 0 bridgehead atoms. The van der Waals surface area contributed by atoms with Gasteiger partial charge in [-0.05, 0) is 181 Å². The number of pyridine rings is 4. The summed E-state index contributed by atoms with van der Waals surface area (Å²) in [4.78, 5) is 119. The number of nitrogens with one attached hydrogen (secondary N) is 4. The minimum absolute atomic E-state index is 0.0624. The highest BCUT2D eigenvalue weighted by molar-refractivity contribution is 6.34. The number of rotatable bonds is 25. The second-order valence-corrected chi connectivity index (χ2v) is 34.6. The molecule has 4 aromatic carbocycles. The zero-order valence-corrected chi connectivity index (χ0v) is 76.5. The van der Waals surface area contributed by atoms with Crippen LogP contribution in [0.4, 0.5) is 69.8 Å². The van der Waals surface area contributed by atoms with E-state index in [9.17, 15) is 28.8 Å². The van der Waals surface area contributed by atoms with Crippen molar-refractivity contribution in [3.05, 3.63) is 183 Å². The number of aryl methyl sites for hydroxylation is 2. The number of aromatic nitrogens is 12. The Kier molecular flexibility index (Phi) is 29.9. The molecule has 16 rings (SSSR count). The summed E-state index contributed by atoms with van der Waals surface area (Å²) in [7, 11) is 6.45. The number of ketones is 2. The number of carbonyl (C=O) groups excluding carboxylic acids is 2. The van der Waals surface area contributed by atoms with Gasteiger partial charge in [-0.2, -0.15) is 19.9 Å². The van der Waals surface area contributed by atoms with Gasteiger partial charge in [0.05, 0.1) is 61.1 Å². The van der Waals surface area contributed by atoms with Gasteiger partial charge in [-0.15, -0.1) is 0 Å². The van der Waals surface area contributed by atoms with Crippen molar-refractivity contribution in [1.29, 1.82) is 0 Å². The van der Waals surface area contributed by atoms with Crippen LogP contribution in [0.2, 0.25) is 20.1 Å². The fraction of sp³-hybridized carbons (Fsp3) is 0.413. The molecule has 30 nitrogen and oxygen atoms in total. The summed E-state index contributed by atoms with van der Waals surface area (Å²) < 4.78 is 28.1. The van der Waals surface area contributed by atoms with Crippen LogP contribution in [0.5, 0.6) is 23.0 Å². The van der Waals surface area contributed by atoms with Crippen molar-refractivity contribution < 1.29 is 28.5 Å². The molecule has 4 aliphatic heterocycles. The van der Waals surface area contributed by atoms with E-state index in [1.54, 1.807) is 95.3 Å². The first-order valence-electron chi connectivity index (χ1n) is 42.7. The summed E-state index contributed by atoms with van der Waals surface area (Å²) >= 11 is 25.5. The maximum Gasteiger partial charge on any atom is 0.293 e. The normalized spacial score (nSPS) is 14.9. The molecule has 4 aliphatic rings. The number of methoxy groups -OCH3 is 2. The molecule has 8 aromatic heterocycles. The molecule has 4 saturated heterocycles. The van der Waals surface area contributed by atoms with Gasteiger partial charge in [0.1, 0.15) is 33.3 Å². The number of halogens is 4. The van der Waals surface area contributed by atoms with Gasteiger partial charge in [-0.25, -0.2) is 19.9 Å². The molecule has 126 heavy (non-hydrogen) atoms. The van der Waals surface area contributed by atoms with Gasteiger partial charge in [-0.3, -0.25) is 28.8 Å². The second kappa shape index (κ2) is 41.1. The summed E-state index contributed by atoms with van der Waals surface area (Å²) in [5, 5.41) is 18.3. The van der Waals surface area contributed by atoms with Crippen LogP contribution in [0.3, 0.4) is 0 Å². The van der Waals surface area contributed by atoms with Crippen LogP contribution < -0.4 is 82.1 Å². The van der Waals surface area contributed by atoms with E-state index in [4.69, 9.17) is 65.4 Å².